The molecule has 0 saturated heterocycles. The number of amides is 1. The van der Waals surface area contributed by atoms with Crippen molar-refractivity contribution in [1.82, 2.24) is 9.88 Å². The van der Waals surface area contributed by atoms with Gasteiger partial charge in [-0.25, -0.2) is 0 Å². The molecule has 122 valence electrons. The third-order valence-electron chi connectivity index (χ3n) is 4.57. The smallest absolute Gasteiger partial charge is 0.230 e. The van der Waals surface area contributed by atoms with Gasteiger partial charge in [0.25, 0.3) is 0 Å². The van der Waals surface area contributed by atoms with Gasteiger partial charge in [0.05, 0.1) is 18.4 Å². The van der Waals surface area contributed by atoms with Crippen LogP contribution in [0.15, 0.2) is 48.8 Å². The number of rotatable bonds is 5. The number of benzene rings is 1. The number of nitriles is 1. The summed E-state index contributed by atoms with van der Waals surface area (Å²) in [6.07, 6.45) is 6.81. The van der Waals surface area contributed by atoms with Crippen LogP contribution in [0.25, 0.3) is 0 Å². The van der Waals surface area contributed by atoms with E-state index in [1.54, 1.807) is 12.4 Å². The number of hydrogen-bond donors (Lipinski definition) is 0. The molecule has 0 fully saturated rings. The highest BCUT2D eigenvalue weighted by molar-refractivity contribution is 5.84. The van der Waals surface area contributed by atoms with E-state index < -0.39 is 0 Å². The lowest BCUT2D eigenvalue weighted by Crippen LogP contribution is -2.36. The predicted octanol–water partition coefficient (Wildman–Crippen LogP) is 3.44. The van der Waals surface area contributed by atoms with Gasteiger partial charge in [-0.15, -0.1) is 0 Å². The lowest BCUT2D eigenvalue weighted by atomic mass is 9.82. The summed E-state index contributed by atoms with van der Waals surface area (Å²) in [7, 11) is 0. The summed E-state index contributed by atoms with van der Waals surface area (Å²) in [4.78, 5) is 19.1. The highest BCUT2D eigenvalue weighted by Crippen LogP contribution is 2.33. The molecule has 2 aromatic rings. The maximum Gasteiger partial charge on any atom is 0.230 e. The SMILES string of the molecule is N#CCCN(Cc1cccnc1)C(=O)[C@H]1CCCc2ccccc21. The molecule has 3 rings (SSSR count). The Hall–Kier alpha value is -2.67. The van der Waals surface area contributed by atoms with Crippen molar-refractivity contribution >= 4 is 5.91 Å². The van der Waals surface area contributed by atoms with Gasteiger partial charge < -0.3 is 4.90 Å². The fraction of sp³-hybridized carbons (Fsp3) is 0.350. The second-order valence-electron chi connectivity index (χ2n) is 6.17. The quantitative estimate of drug-likeness (QED) is 0.848. The molecular weight excluding hydrogens is 298 g/mol. The third-order valence-corrected chi connectivity index (χ3v) is 4.57. The first-order valence-corrected chi connectivity index (χ1v) is 8.42. The maximum atomic E-state index is 13.2. The monoisotopic (exact) mass is 319 g/mol. The number of nitrogens with zero attached hydrogens (tertiary/aromatic N) is 3. The molecule has 1 amide bonds. The Morgan fingerprint density at radius 2 is 2.17 bits per heavy atom. The van der Waals surface area contributed by atoms with Gasteiger partial charge in [0.15, 0.2) is 0 Å². The van der Waals surface area contributed by atoms with Crippen molar-refractivity contribution in [3.63, 3.8) is 0 Å². The Bertz CT molecular complexity index is 736. The van der Waals surface area contributed by atoms with Gasteiger partial charge in [0.2, 0.25) is 5.91 Å². The molecule has 1 heterocycles. The van der Waals surface area contributed by atoms with Crippen LogP contribution >= 0.6 is 0 Å². The molecule has 1 aliphatic rings. The van der Waals surface area contributed by atoms with Crippen LogP contribution in [0.5, 0.6) is 0 Å². The number of aromatic nitrogens is 1. The first-order valence-electron chi connectivity index (χ1n) is 8.42. The number of hydrogen-bond acceptors (Lipinski definition) is 3. The second kappa shape index (κ2) is 7.74. The van der Waals surface area contributed by atoms with E-state index in [1.807, 2.05) is 29.2 Å². The van der Waals surface area contributed by atoms with E-state index in [-0.39, 0.29) is 11.8 Å². The van der Waals surface area contributed by atoms with Crippen LogP contribution in [-0.2, 0) is 17.8 Å². The van der Waals surface area contributed by atoms with E-state index in [0.29, 0.717) is 19.5 Å². The molecule has 4 heteroatoms. The van der Waals surface area contributed by atoms with Crippen molar-refractivity contribution in [3.05, 3.63) is 65.5 Å². The first kappa shape index (κ1) is 16.2. The summed E-state index contributed by atoms with van der Waals surface area (Å²) in [6, 6.07) is 14.2. The van der Waals surface area contributed by atoms with Crippen molar-refractivity contribution in [3.8, 4) is 6.07 Å². The van der Waals surface area contributed by atoms with Crippen LogP contribution < -0.4 is 0 Å². The normalized spacial score (nSPS) is 16.0. The van der Waals surface area contributed by atoms with Crippen LogP contribution in [0.4, 0.5) is 0 Å². The molecule has 0 unspecified atom stereocenters. The highest BCUT2D eigenvalue weighted by Gasteiger charge is 2.29. The Morgan fingerprint density at radius 3 is 2.96 bits per heavy atom. The molecule has 24 heavy (non-hydrogen) atoms. The van der Waals surface area contributed by atoms with E-state index in [2.05, 4.69) is 23.2 Å². The number of carbonyl (C=O) groups excluding carboxylic acids is 1. The maximum absolute atomic E-state index is 13.2. The Kier molecular flexibility index (Phi) is 5.22. The van der Waals surface area contributed by atoms with E-state index >= 15 is 0 Å². The molecule has 0 radical (unpaired) electrons. The highest BCUT2D eigenvalue weighted by atomic mass is 16.2. The van der Waals surface area contributed by atoms with Gasteiger partial charge in [-0.05, 0) is 42.0 Å². The zero-order valence-corrected chi connectivity index (χ0v) is 13.7. The number of fused-ring (bicyclic) bond motifs is 1. The third kappa shape index (κ3) is 3.62. The Balaban J connectivity index is 1.82. The molecule has 1 atom stereocenters. The van der Waals surface area contributed by atoms with E-state index in [1.165, 1.54) is 5.56 Å². The van der Waals surface area contributed by atoms with Crippen LogP contribution in [0.2, 0.25) is 0 Å². The minimum Gasteiger partial charge on any atom is -0.337 e. The van der Waals surface area contributed by atoms with Crippen molar-refractivity contribution in [2.24, 2.45) is 0 Å². The number of carbonyl (C=O) groups is 1. The largest absolute Gasteiger partial charge is 0.337 e. The molecule has 4 nitrogen and oxygen atoms in total. The summed E-state index contributed by atoms with van der Waals surface area (Å²) in [5.74, 6) is 0.0339. The Labute approximate surface area is 142 Å². The summed E-state index contributed by atoms with van der Waals surface area (Å²) >= 11 is 0. The minimum absolute atomic E-state index is 0.0923. The van der Waals surface area contributed by atoms with Crippen molar-refractivity contribution in [2.75, 3.05) is 6.54 Å². The fourth-order valence-electron chi connectivity index (χ4n) is 3.40. The van der Waals surface area contributed by atoms with E-state index in [4.69, 9.17) is 5.26 Å². The van der Waals surface area contributed by atoms with Gasteiger partial charge in [-0.1, -0.05) is 30.3 Å². The molecule has 1 aromatic heterocycles. The summed E-state index contributed by atoms with van der Waals surface area (Å²) < 4.78 is 0. The van der Waals surface area contributed by atoms with Gasteiger partial charge in [-0.2, -0.15) is 5.26 Å². The molecule has 0 spiro atoms. The topological polar surface area (TPSA) is 57.0 Å². The van der Waals surface area contributed by atoms with Crippen molar-refractivity contribution < 1.29 is 4.79 Å². The van der Waals surface area contributed by atoms with Crippen molar-refractivity contribution in [1.29, 1.82) is 5.26 Å². The van der Waals surface area contributed by atoms with Gasteiger partial charge in [0, 0.05) is 25.5 Å². The number of pyridine rings is 1. The summed E-state index contributed by atoms with van der Waals surface area (Å²) in [5, 5.41) is 8.93. The summed E-state index contributed by atoms with van der Waals surface area (Å²) in [5.41, 5.74) is 3.43. The van der Waals surface area contributed by atoms with Crippen LogP contribution in [-0.4, -0.2) is 22.3 Å². The van der Waals surface area contributed by atoms with Crippen molar-refractivity contribution in [2.45, 2.75) is 38.1 Å². The number of aryl methyl sites for hydroxylation is 1. The second-order valence-corrected chi connectivity index (χ2v) is 6.17. The van der Waals surface area contributed by atoms with Crippen LogP contribution in [0.3, 0.4) is 0 Å². The average Bonchev–Trinajstić information content (AvgIpc) is 2.65. The molecule has 0 N–H and O–H groups in total. The molecular formula is C20H21N3O. The lowest BCUT2D eigenvalue weighted by Gasteiger charge is -2.30. The molecule has 0 bridgehead atoms. The van der Waals surface area contributed by atoms with Crippen LogP contribution in [0, 0.1) is 11.3 Å². The average molecular weight is 319 g/mol. The van der Waals surface area contributed by atoms with Crippen LogP contribution in [0.1, 0.15) is 41.9 Å². The molecule has 0 aliphatic heterocycles. The minimum atomic E-state index is -0.0923. The molecule has 1 aromatic carbocycles. The fourth-order valence-corrected chi connectivity index (χ4v) is 3.40. The lowest BCUT2D eigenvalue weighted by molar-refractivity contribution is -0.133. The zero-order chi connectivity index (χ0) is 16.8. The first-order chi connectivity index (χ1) is 11.8. The standard InChI is InChI=1S/C20H21N3O/c21-11-5-13-23(15-16-6-4-12-22-14-16)20(24)19-10-3-8-17-7-1-2-9-18(17)19/h1-2,4,6-7,9,12,14,19H,3,5,8,10,13,15H2/t19-/m0/s1. The zero-order valence-electron chi connectivity index (χ0n) is 13.7. The van der Waals surface area contributed by atoms with Gasteiger partial charge in [0.1, 0.15) is 0 Å². The molecule has 1 aliphatic carbocycles. The van der Waals surface area contributed by atoms with Gasteiger partial charge in [-0.3, -0.25) is 9.78 Å². The van der Waals surface area contributed by atoms with E-state index in [0.717, 1.165) is 30.4 Å². The predicted molar refractivity (Wildman–Crippen MR) is 92.0 cm³/mol. The summed E-state index contributed by atoms with van der Waals surface area (Å²) in [6.45, 7) is 0.968. The van der Waals surface area contributed by atoms with E-state index in [9.17, 15) is 4.79 Å². The van der Waals surface area contributed by atoms with Gasteiger partial charge >= 0.3 is 0 Å². The Morgan fingerprint density at radius 1 is 1.29 bits per heavy atom. The molecule has 0 saturated carbocycles.